The van der Waals surface area contributed by atoms with Crippen molar-refractivity contribution in [3.05, 3.63) is 65.0 Å². The van der Waals surface area contributed by atoms with Crippen LogP contribution in [0.25, 0.3) is 0 Å². The predicted molar refractivity (Wildman–Crippen MR) is 89.2 cm³/mol. The zero-order valence-electron chi connectivity index (χ0n) is 12.8. The molecule has 0 aliphatic heterocycles. The molecule has 0 aliphatic carbocycles. The predicted octanol–water partition coefficient (Wildman–Crippen LogP) is 5.10. The first-order valence-electron chi connectivity index (χ1n) is 7.32. The highest BCUT2D eigenvalue weighted by Gasteiger charge is 2.09. The van der Waals surface area contributed by atoms with Crippen LogP contribution in [0, 0.1) is 12.7 Å². The minimum absolute atomic E-state index is 0.129. The van der Waals surface area contributed by atoms with Crippen LogP contribution in [0.1, 0.15) is 36.6 Å². The van der Waals surface area contributed by atoms with Crippen LogP contribution in [0.3, 0.4) is 0 Å². The number of benzene rings is 2. The second-order valence-electron chi connectivity index (χ2n) is 5.18. The molecular formula is C18H22FNS. The molecule has 0 fully saturated rings. The van der Waals surface area contributed by atoms with Gasteiger partial charge in [-0.05, 0) is 49.2 Å². The fraction of sp³-hybridized carbons (Fsp3) is 0.333. The molecule has 0 heterocycles. The van der Waals surface area contributed by atoms with Crippen molar-refractivity contribution in [3.8, 4) is 0 Å². The second-order valence-corrected chi connectivity index (χ2v) is 6.20. The van der Waals surface area contributed by atoms with Gasteiger partial charge in [0.05, 0.1) is 0 Å². The Balaban J connectivity index is 2.06. The molecule has 1 unspecified atom stereocenters. The lowest BCUT2D eigenvalue weighted by Crippen LogP contribution is -2.17. The van der Waals surface area contributed by atoms with Gasteiger partial charge in [-0.2, -0.15) is 0 Å². The first-order chi connectivity index (χ1) is 10.1. The molecule has 2 aromatic rings. The number of halogens is 1. The van der Waals surface area contributed by atoms with Crippen molar-refractivity contribution < 1.29 is 4.39 Å². The molecule has 21 heavy (non-hydrogen) atoms. The maximum absolute atomic E-state index is 14.2. The van der Waals surface area contributed by atoms with Crippen LogP contribution in [-0.4, -0.2) is 6.54 Å². The Kier molecular flexibility index (Phi) is 5.83. The summed E-state index contributed by atoms with van der Waals surface area (Å²) >= 11 is 1.55. The van der Waals surface area contributed by atoms with E-state index < -0.39 is 0 Å². The summed E-state index contributed by atoms with van der Waals surface area (Å²) in [4.78, 5) is 0.714. The minimum atomic E-state index is -0.129. The largest absolute Gasteiger partial charge is 0.310 e. The van der Waals surface area contributed by atoms with E-state index >= 15 is 0 Å². The third-order valence-electron chi connectivity index (χ3n) is 3.61. The van der Waals surface area contributed by atoms with E-state index in [1.165, 1.54) is 11.1 Å². The van der Waals surface area contributed by atoms with Gasteiger partial charge < -0.3 is 5.32 Å². The van der Waals surface area contributed by atoms with Crippen LogP contribution in [0.2, 0.25) is 0 Å². The molecule has 2 aromatic carbocycles. The van der Waals surface area contributed by atoms with E-state index in [1.54, 1.807) is 17.8 Å². The van der Waals surface area contributed by atoms with E-state index in [4.69, 9.17) is 0 Å². The molecule has 112 valence electrons. The second kappa shape index (κ2) is 7.62. The molecule has 0 aromatic heterocycles. The molecule has 0 bridgehead atoms. The summed E-state index contributed by atoms with van der Waals surface area (Å²) in [7, 11) is 0. The Morgan fingerprint density at radius 3 is 2.62 bits per heavy atom. The van der Waals surface area contributed by atoms with E-state index in [0.29, 0.717) is 4.90 Å². The monoisotopic (exact) mass is 303 g/mol. The molecular weight excluding hydrogens is 281 g/mol. The molecule has 0 radical (unpaired) electrons. The van der Waals surface area contributed by atoms with Crippen LogP contribution in [0.4, 0.5) is 4.39 Å². The van der Waals surface area contributed by atoms with Crippen molar-refractivity contribution in [2.75, 3.05) is 6.54 Å². The van der Waals surface area contributed by atoms with Gasteiger partial charge in [-0.15, -0.1) is 11.8 Å². The topological polar surface area (TPSA) is 12.0 Å². The summed E-state index contributed by atoms with van der Waals surface area (Å²) in [5.74, 6) is 0.668. The van der Waals surface area contributed by atoms with Crippen LogP contribution >= 0.6 is 11.8 Å². The molecule has 0 amide bonds. The van der Waals surface area contributed by atoms with E-state index in [-0.39, 0.29) is 11.9 Å². The molecule has 2 rings (SSSR count). The molecule has 3 heteroatoms. The van der Waals surface area contributed by atoms with E-state index in [9.17, 15) is 4.39 Å². The number of aryl methyl sites for hydroxylation is 1. The molecule has 0 spiro atoms. The van der Waals surface area contributed by atoms with Gasteiger partial charge in [-0.25, -0.2) is 4.39 Å². The van der Waals surface area contributed by atoms with Gasteiger partial charge in [0.25, 0.3) is 0 Å². The van der Waals surface area contributed by atoms with Crippen LogP contribution in [0.5, 0.6) is 0 Å². The summed E-state index contributed by atoms with van der Waals surface area (Å²) in [6, 6.07) is 14.0. The number of hydrogen-bond donors (Lipinski definition) is 1. The maximum atomic E-state index is 14.2. The number of thioether (sulfide) groups is 1. The quantitative estimate of drug-likeness (QED) is 0.745. The first kappa shape index (κ1) is 16.1. The zero-order chi connectivity index (χ0) is 15.2. The fourth-order valence-corrected chi connectivity index (χ4v) is 3.25. The van der Waals surface area contributed by atoms with Crippen molar-refractivity contribution in [2.24, 2.45) is 0 Å². The molecule has 0 saturated heterocycles. The van der Waals surface area contributed by atoms with E-state index in [1.807, 2.05) is 24.3 Å². The number of nitrogens with one attached hydrogen (secondary N) is 1. The molecule has 0 saturated carbocycles. The summed E-state index contributed by atoms with van der Waals surface area (Å²) in [6.07, 6.45) is 0. The van der Waals surface area contributed by atoms with Gasteiger partial charge in [0.2, 0.25) is 0 Å². The highest BCUT2D eigenvalue weighted by Crippen LogP contribution is 2.28. The van der Waals surface area contributed by atoms with Crippen molar-refractivity contribution in [2.45, 2.75) is 37.5 Å². The first-order valence-corrected chi connectivity index (χ1v) is 8.30. The van der Waals surface area contributed by atoms with Crippen molar-refractivity contribution >= 4 is 11.8 Å². The SMILES string of the molecule is CCNC(C)c1ccc(SCc2ccccc2C)c(F)c1. The van der Waals surface area contributed by atoms with E-state index in [0.717, 1.165) is 17.9 Å². The van der Waals surface area contributed by atoms with Crippen LogP contribution in [-0.2, 0) is 5.75 Å². The fourth-order valence-electron chi connectivity index (χ4n) is 2.26. The maximum Gasteiger partial charge on any atom is 0.137 e. The van der Waals surface area contributed by atoms with Crippen LogP contribution < -0.4 is 5.32 Å². The van der Waals surface area contributed by atoms with Crippen LogP contribution in [0.15, 0.2) is 47.4 Å². The smallest absolute Gasteiger partial charge is 0.137 e. The molecule has 0 aliphatic rings. The van der Waals surface area contributed by atoms with Crippen molar-refractivity contribution in [1.82, 2.24) is 5.32 Å². The summed E-state index contributed by atoms with van der Waals surface area (Å²) < 4.78 is 14.2. The lowest BCUT2D eigenvalue weighted by atomic mass is 10.1. The Morgan fingerprint density at radius 1 is 1.19 bits per heavy atom. The average Bonchev–Trinajstić information content (AvgIpc) is 2.47. The lowest BCUT2D eigenvalue weighted by Gasteiger charge is -2.14. The molecule has 1 N–H and O–H groups in total. The van der Waals surface area contributed by atoms with Gasteiger partial charge in [0.1, 0.15) is 5.82 Å². The summed E-state index contributed by atoms with van der Waals surface area (Å²) in [6.45, 7) is 7.08. The van der Waals surface area contributed by atoms with Crippen molar-refractivity contribution in [3.63, 3.8) is 0 Å². The number of hydrogen-bond acceptors (Lipinski definition) is 2. The minimum Gasteiger partial charge on any atom is -0.310 e. The van der Waals surface area contributed by atoms with Gasteiger partial charge in [0, 0.05) is 16.7 Å². The zero-order valence-corrected chi connectivity index (χ0v) is 13.6. The van der Waals surface area contributed by atoms with Gasteiger partial charge in [-0.3, -0.25) is 0 Å². The molecule has 1 nitrogen and oxygen atoms in total. The Bertz CT molecular complexity index is 598. The Labute approximate surface area is 131 Å². The van der Waals surface area contributed by atoms with Crippen molar-refractivity contribution in [1.29, 1.82) is 0 Å². The third kappa shape index (κ3) is 4.32. The normalized spacial score (nSPS) is 12.4. The molecule has 1 atom stereocenters. The summed E-state index contributed by atoms with van der Waals surface area (Å²) in [5, 5.41) is 3.30. The highest BCUT2D eigenvalue weighted by atomic mass is 32.2. The Hall–Kier alpha value is -1.32. The lowest BCUT2D eigenvalue weighted by molar-refractivity contribution is 0.572. The Morgan fingerprint density at radius 2 is 1.95 bits per heavy atom. The summed E-state index contributed by atoms with van der Waals surface area (Å²) in [5.41, 5.74) is 3.50. The number of rotatable bonds is 6. The average molecular weight is 303 g/mol. The van der Waals surface area contributed by atoms with Gasteiger partial charge in [-0.1, -0.05) is 37.3 Å². The third-order valence-corrected chi connectivity index (χ3v) is 4.71. The van der Waals surface area contributed by atoms with Gasteiger partial charge in [0.15, 0.2) is 0 Å². The standard InChI is InChI=1S/C18H22FNS/c1-4-20-14(3)15-9-10-18(17(19)11-15)21-12-16-8-6-5-7-13(16)2/h5-11,14,20H,4,12H2,1-3H3. The highest BCUT2D eigenvalue weighted by molar-refractivity contribution is 7.98. The van der Waals surface area contributed by atoms with Gasteiger partial charge >= 0.3 is 0 Å². The van der Waals surface area contributed by atoms with E-state index in [2.05, 4.69) is 38.2 Å².